The Morgan fingerprint density at radius 3 is 2.78 bits per heavy atom. The molecule has 2 nitrogen and oxygen atoms in total. The molecular weight excluding hydrogens is 361 g/mol. The van der Waals surface area contributed by atoms with Crippen molar-refractivity contribution >= 4 is 40.1 Å². The minimum atomic E-state index is -0.0176. The summed E-state index contributed by atoms with van der Waals surface area (Å²) < 4.78 is 0.966. The molecule has 18 heavy (non-hydrogen) atoms. The van der Waals surface area contributed by atoms with Crippen molar-refractivity contribution in [3.05, 3.63) is 32.4 Å². The van der Waals surface area contributed by atoms with Gasteiger partial charge in [0.15, 0.2) is 0 Å². The Balaban J connectivity index is 2.02. The van der Waals surface area contributed by atoms with E-state index in [2.05, 4.69) is 41.8 Å². The van der Waals surface area contributed by atoms with Crippen LogP contribution < -0.4 is 5.32 Å². The molecule has 1 aliphatic carbocycles. The van der Waals surface area contributed by atoms with Gasteiger partial charge in [-0.1, -0.05) is 25.4 Å². The van der Waals surface area contributed by atoms with E-state index in [9.17, 15) is 4.79 Å². The van der Waals surface area contributed by atoms with Gasteiger partial charge in [-0.15, -0.1) is 0 Å². The van der Waals surface area contributed by atoms with Gasteiger partial charge >= 0.3 is 0 Å². The summed E-state index contributed by atoms with van der Waals surface area (Å²) in [6.07, 6.45) is 3.29. The van der Waals surface area contributed by atoms with E-state index < -0.39 is 0 Å². The zero-order valence-corrected chi connectivity index (χ0v) is 13.5. The topological polar surface area (TPSA) is 29.1 Å². The van der Waals surface area contributed by atoms with Gasteiger partial charge in [-0.05, 0) is 65.5 Å². The van der Waals surface area contributed by atoms with Crippen LogP contribution >= 0.6 is 34.2 Å². The zero-order chi connectivity index (χ0) is 13.3. The van der Waals surface area contributed by atoms with Gasteiger partial charge in [-0.2, -0.15) is 0 Å². The fourth-order valence-electron chi connectivity index (χ4n) is 2.47. The van der Waals surface area contributed by atoms with E-state index >= 15 is 0 Å². The maximum Gasteiger partial charge on any atom is 0.251 e. The number of hydrogen-bond acceptors (Lipinski definition) is 1. The van der Waals surface area contributed by atoms with E-state index in [0.717, 1.165) is 16.4 Å². The molecule has 4 heteroatoms. The van der Waals surface area contributed by atoms with Crippen molar-refractivity contribution in [1.82, 2.24) is 5.32 Å². The molecule has 0 aliphatic heterocycles. The molecule has 1 N–H and O–H groups in total. The number of carbonyl (C=O) groups excluding carboxylic acids is 1. The number of halogens is 2. The quantitative estimate of drug-likeness (QED) is 0.767. The largest absolute Gasteiger partial charge is 0.349 e. The van der Waals surface area contributed by atoms with E-state index in [4.69, 9.17) is 11.6 Å². The van der Waals surface area contributed by atoms with Gasteiger partial charge in [-0.25, -0.2) is 0 Å². The van der Waals surface area contributed by atoms with Crippen LogP contribution in [0.25, 0.3) is 0 Å². The summed E-state index contributed by atoms with van der Waals surface area (Å²) in [4.78, 5) is 12.1. The summed E-state index contributed by atoms with van der Waals surface area (Å²) in [5.41, 5.74) is 0.992. The van der Waals surface area contributed by atoms with Crippen molar-refractivity contribution in [1.29, 1.82) is 0 Å². The summed E-state index contributed by atoms with van der Waals surface area (Å²) in [6.45, 7) is 4.50. The Morgan fingerprint density at radius 2 is 2.22 bits per heavy atom. The van der Waals surface area contributed by atoms with Gasteiger partial charge < -0.3 is 5.32 Å². The molecule has 98 valence electrons. The summed E-state index contributed by atoms with van der Waals surface area (Å²) in [6, 6.07) is 5.73. The Kier molecular flexibility index (Phi) is 4.22. The maximum absolute atomic E-state index is 12.1. The fourth-order valence-corrected chi connectivity index (χ4v) is 2.98. The summed E-state index contributed by atoms with van der Waals surface area (Å²) >= 11 is 8.19. The van der Waals surface area contributed by atoms with E-state index in [1.54, 1.807) is 6.07 Å². The van der Waals surface area contributed by atoms with E-state index in [-0.39, 0.29) is 5.91 Å². The molecule has 1 aromatic carbocycles. The van der Waals surface area contributed by atoms with E-state index in [1.165, 1.54) is 6.42 Å². The van der Waals surface area contributed by atoms with Gasteiger partial charge in [-0.3, -0.25) is 4.79 Å². The maximum atomic E-state index is 12.1. The lowest BCUT2D eigenvalue weighted by molar-refractivity contribution is 0.0936. The van der Waals surface area contributed by atoms with Crippen molar-refractivity contribution in [2.45, 2.75) is 39.2 Å². The van der Waals surface area contributed by atoms with Gasteiger partial charge in [0, 0.05) is 15.2 Å². The van der Waals surface area contributed by atoms with Crippen LogP contribution in [-0.4, -0.2) is 11.9 Å². The number of amides is 1. The molecule has 1 unspecified atom stereocenters. The lowest BCUT2D eigenvalue weighted by Crippen LogP contribution is -2.33. The third-order valence-electron chi connectivity index (χ3n) is 3.49. The summed E-state index contributed by atoms with van der Waals surface area (Å²) in [5.74, 6) is -0.0176. The highest BCUT2D eigenvalue weighted by Gasteiger charge is 2.31. The van der Waals surface area contributed by atoms with Crippen molar-refractivity contribution in [3.8, 4) is 0 Å². The number of nitrogens with one attached hydrogen (secondary N) is 1. The van der Waals surface area contributed by atoms with Crippen LogP contribution in [0.3, 0.4) is 0 Å². The monoisotopic (exact) mass is 377 g/mol. The third-order valence-corrected chi connectivity index (χ3v) is 5.06. The minimum absolute atomic E-state index is 0.0176. The molecule has 1 aromatic rings. The van der Waals surface area contributed by atoms with Crippen molar-refractivity contribution in [2.75, 3.05) is 0 Å². The number of rotatable bonds is 2. The average molecular weight is 378 g/mol. The van der Waals surface area contributed by atoms with Crippen molar-refractivity contribution in [3.63, 3.8) is 0 Å². The molecule has 0 aromatic heterocycles. The van der Waals surface area contributed by atoms with Crippen LogP contribution in [0.15, 0.2) is 18.2 Å². The molecule has 0 saturated heterocycles. The molecule has 1 fully saturated rings. The normalized spacial score (nSPS) is 21.9. The first-order valence-electron chi connectivity index (χ1n) is 6.13. The summed E-state index contributed by atoms with van der Waals surface area (Å²) in [7, 11) is 0. The standard InChI is InChI=1S/C14H17ClINO/c1-14(2)6-5-10(8-14)17-13(18)9-3-4-12(16)11(15)7-9/h3-4,7,10H,5-6,8H2,1-2H3,(H,17,18). The number of benzene rings is 1. The molecular formula is C14H17ClINO. The van der Waals surface area contributed by atoms with Gasteiger partial charge in [0.1, 0.15) is 0 Å². The Hall–Kier alpha value is -0.290. The predicted octanol–water partition coefficient (Wildman–Crippen LogP) is 4.25. The molecule has 0 radical (unpaired) electrons. The lowest BCUT2D eigenvalue weighted by atomic mass is 9.92. The molecule has 0 heterocycles. The SMILES string of the molecule is CC1(C)CCC(NC(=O)c2ccc(I)c(Cl)c2)C1. The van der Waals surface area contributed by atoms with Crippen molar-refractivity contribution < 1.29 is 4.79 Å². The highest BCUT2D eigenvalue weighted by Crippen LogP contribution is 2.37. The second-order valence-corrected chi connectivity index (χ2v) is 7.28. The average Bonchev–Trinajstić information content (AvgIpc) is 2.62. The minimum Gasteiger partial charge on any atom is -0.349 e. The lowest BCUT2D eigenvalue weighted by Gasteiger charge is -2.18. The highest BCUT2D eigenvalue weighted by atomic mass is 127. The second kappa shape index (κ2) is 5.37. The molecule has 1 atom stereocenters. The van der Waals surface area contributed by atoms with E-state index in [0.29, 0.717) is 22.0 Å². The first kappa shape index (κ1) is 14.1. The fraction of sp³-hybridized carbons (Fsp3) is 0.500. The number of carbonyl (C=O) groups is 1. The predicted molar refractivity (Wildman–Crippen MR) is 83.1 cm³/mol. The first-order chi connectivity index (χ1) is 8.37. The Morgan fingerprint density at radius 1 is 1.50 bits per heavy atom. The number of hydrogen-bond donors (Lipinski definition) is 1. The van der Waals surface area contributed by atoms with Crippen LogP contribution in [0, 0.1) is 8.99 Å². The van der Waals surface area contributed by atoms with Crippen LogP contribution in [0.4, 0.5) is 0 Å². The van der Waals surface area contributed by atoms with Crippen LogP contribution in [0.2, 0.25) is 5.02 Å². The van der Waals surface area contributed by atoms with Crippen LogP contribution in [-0.2, 0) is 0 Å². The van der Waals surface area contributed by atoms with Crippen LogP contribution in [0.5, 0.6) is 0 Å². The van der Waals surface area contributed by atoms with E-state index in [1.807, 2.05) is 12.1 Å². The summed E-state index contributed by atoms with van der Waals surface area (Å²) in [5, 5.41) is 3.73. The van der Waals surface area contributed by atoms with Gasteiger partial charge in [0.25, 0.3) is 5.91 Å². The Bertz CT molecular complexity index is 473. The third kappa shape index (κ3) is 3.38. The highest BCUT2D eigenvalue weighted by molar-refractivity contribution is 14.1. The van der Waals surface area contributed by atoms with Crippen molar-refractivity contribution in [2.24, 2.45) is 5.41 Å². The molecule has 1 amide bonds. The zero-order valence-electron chi connectivity index (χ0n) is 10.6. The second-order valence-electron chi connectivity index (χ2n) is 5.71. The van der Waals surface area contributed by atoms with Crippen LogP contribution in [0.1, 0.15) is 43.5 Å². The molecule has 2 rings (SSSR count). The molecule has 1 saturated carbocycles. The Labute approximate surface area is 127 Å². The van der Waals surface area contributed by atoms with Gasteiger partial charge in [0.2, 0.25) is 0 Å². The smallest absolute Gasteiger partial charge is 0.251 e. The molecule has 0 bridgehead atoms. The first-order valence-corrected chi connectivity index (χ1v) is 7.59. The molecule has 0 spiro atoms. The molecule has 1 aliphatic rings. The van der Waals surface area contributed by atoms with Gasteiger partial charge in [0.05, 0.1) is 5.02 Å².